The van der Waals surface area contributed by atoms with Gasteiger partial charge in [-0.2, -0.15) is 4.31 Å². The van der Waals surface area contributed by atoms with Gasteiger partial charge < -0.3 is 19.5 Å². The van der Waals surface area contributed by atoms with Gasteiger partial charge >= 0.3 is 0 Å². The highest BCUT2D eigenvalue weighted by Gasteiger charge is 2.28. The van der Waals surface area contributed by atoms with Crippen LogP contribution in [0.2, 0.25) is 5.02 Å². The molecular formula is C25H24ClN3O8S. The topological polar surface area (TPSA) is 137 Å². The third-order valence-corrected chi connectivity index (χ3v) is 7.79. The average Bonchev–Trinajstić information content (AvgIpc) is 2.91. The fraction of sp³-hybridized carbons (Fsp3) is 0.240. The molecule has 0 spiro atoms. The van der Waals surface area contributed by atoms with Gasteiger partial charge in [0.1, 0.15) is 16.5 Å². The molecule has 1 N–H and O–H groups in total. The Morgan fingerprint density at radius 3 is 2.42 bits per heavy atom. The van der Waals surface area contributed by atoms with Crippen LogP contribution in [0.25, 0.3) is 0 Å². The summed E-state index contributed by atoms with van der Waals surface area (Å²) in [5.74, 6) is 0.494. The average molecular weight is 562 g/mol. The number of sulfonamides is 1. The van der Waals surface area contributed by atoms with E-state index in [9.17, 15) is 23.3 Å². The van der Waals surface area contributed by atoms with Crippen LogP contribution in [0.3, 0.4) is 0 Å². The highest BCUT2D eigenvalue weighted by Crippen LogP contribution is 2.34. The molecule has 1 heterocycles. The maximum Gasteiger partial charge on any atom is 0.288 e. The Labute approximate surface area is 224 Å². The number of morpholine rings is 1. The molecule has 3 aromatic carbocycles. The quantitative estimate of drug-likeness (QED) is 0.293. The van der Waals surface area contributed by atoms with Gasteiger partial charge in [-0.15, -0.1) is 0 Å². The molecule has 200 valence electrons. The van der Waals surface area contributed by atoms with Crippen molar-refractivity contribution in [1.82, 2.24) is 4.31 Å². The molecule has 0 aliphatic carbocycles. The smallest absolute Gasteiger partial charge is 0.288 e. The zero-order valence-corrected chi connectivity index (χ0v) is 21.8. The van der Waals surface area contributed by atoms with Crippen molar-refractivity contribution in [3.8, 4) is 17.2 Å². The van der Waals surface area contributed by atoms with E-state index >= 15 is 0 Å². The molecule has 1 fully saturated rings. The first kappa shape index (κ1) is 27.3. The summed E-state index contributed by atoms with van der Waals surface area (Å²) in [5.41, 5.74) is -0.431. The summed E-state index contributed by atoms with van der Waals surface area (Å²) in [5, 5.41) is 13.8. The second kappa shape index (κ2) is 11.8. The Morgan fingerprint density at radius 1 is 1.08 bits per heavy atom. The molecule has 11 nitrogen and oxygen atoms in total. The second-order valence-corrected chi connectivity index (χ2v) is 10.4. The number of halogens is 1. The molecule has 0 aromatic heterocycles. The molecule has 0 radical (unpaired) electrons. The lowest BCUT2D eigenvalue weighted by molar-refractivity contribution is -0.384. The number of carbonyl (C=O) groups excluding carboxylic acids is 1. The van der Waals surface area contributed by atoms with E-state index in [0.29, 0.717) is 18.1 Å². The normalized spacial score (nSPS) is 14.1. The van der Waals surface area contributed by atoms with Crippen LogP contribution in [0.4, 0.5) is 11.4 Å². The number of rotatable bonds is 9. The first-order valence-electron chi connectivity index (χ1n) is 11.6. The Morgan fingerprint density at radius 2 is 1.76 bits per heavy atom. The van der Waals surface area contributed by atoms with Crippen LogP contribution in [0.1, 0.15) is 17.3 Å². The van der Waals surface area contributed by atoms with Crippen LogP contribution >= 0.6 is 11.6 Å². The van der Waals surface area contributed by atoms with Crippen molar-refractivity contribution in [2.45, 2.75) is 11.8 Å². The lowest BCUT2D eigenvalue weighted by Gasteiger charge is -2.26. The molecule has 0 atom stereocenters. The number of nitrogens with one attached hydrogen (secondary N) is 1. The number of hydrogen-bond acceptors (Lipinski definition) is 8. The van der Waals surface area contributed by atoms with E-state index in [-0.39, 0.29) is 53.2 Å². The molecule has 1 aliphatic rings. The Bertz CT molecular complexity index is 1440. The predicted molar refractivity (Wildman–Crippen MR) is 140 cm³/mol. The lowest BCUT2D eigenvalue weighted by Crippen LogP contribution is -2.40. The van der Waals surface area contributed by atoms with Gasteiger partial charge in [0.25, 0.3) is 11.6 Å². The van der Waals surface area contributed by atoms with Crippen molar-refractivity contribution in [3.05, 3.63) is 81.4 Å². The highest BCUT2D eigenvalue weighted by atomic mass is 35.5. The van der Waals surface area contributed by atoms with Gasteiger partial charge in [0.15, 0.2) is 5.75 Å². The lowest BCUT2D eigenvalue weighted by atomic mass is 10.2. The first-order valence-corrected chi connectivity index (χ1v) is 13.4. The fourth-order valence-corrected chi connectivity index (χ4v) is 5.30. The Balaban J connectivity index is 1.69. The van der Waals surface area contributed by atoms with Gasteiger partial charge in [-0.1, -0.05) is 11.6 Å². The third-order valence-electron chi connectivity index (χ3n) is 5.57. The summed E-state index contributed by atoms with van der Waals surface area (Å²) in [6.45, 7) is 3.31. The van der Waals surface area contributed by atoms with Crippen LogP contribution in [0.15, 0.2) is 65.6 Å². The molecular weight excluding hydrogens is 538 g/mol. The van der Waals surface area contributed by atoms with Crippen molar-refractivity contribution < 1.29 is 32.3 Å². The zero-order chi connectivity index (χ0) is 27.3. The van der Waals surface area contributed by atoms with E-state index in [0.717, 1.165) is 6.07 Å². The number of nitro groups is 1. The minimum absolute atomic E-state index is 0.0467. The van der Waals surface area contributed by atoms with E-state index < -0.39 is 26.5 Å². The summed E-state index contributed by atoms with van der Waals surface area (Å²) in [7, 11) is -3.89. The monoisotopic (exact) mass is 561 g/mol. The van der Waals surface area contributed by atoms with Crippen molar-refractivity contribution in [1.29, 1.82) is 0 Å². The summed E-state index contributed by atoms with van der Waals surface area (Å²) in [6, 6.07) is 14.5. The molecule has 1 aliphatic heterocycles. The van der Waals surface area contributed by atoms with E-state index in [1.807, 2.05) is 6.92 Å². The molecule has 0 unspecified atom stereocenters. The molecule has 0 saturated carbocycles. The summed E-state index contributed by atoms with van der Waals surface area (Å²) < 4.78 is 44.4. The van der Waals surface area contributed by atoms with Gasteiger partial charge in [-0.25, -0.2) is 8.42 Å². The van der Waals surface area contributed by atoms with Crippen molar-refractivity contribution >= 4 is 38.9 Å². The molecule has 1 saturated heterocycles. The number of amides is 1. The van der Waals surface area contributed by atoms with Crippen LogP contribution in [0.5, 0.6) is 17.2 Å². The molecule has 1 amide bonds. The zero-order valence-electron chi connectivity index (χ0n) is 20.3. The molecule has 4 rings (SSSR count). The summed E-state index contributed by atoms with van der Waals surface area (Å²) >= 11 is 5.86. The Kier molecular flexibility index (Phi) is 8.47. The molecule has 13 heteroatoms. The van der Waals surface area contributed by atoms with Gasteiger partial charge in [0.05, 0.1) is 35.3 Å². The number of anilines is 1. The van der Waals surface area contributed by atoms with E-state index in [1.54, 1.807) is 24.3 Å². The minimum Gasteiger partial charge on any atom is -0.494 e. The molecule has 3 aromatic rings. The van der Waals surface area contributed by atoms with Crippen LogP contribution < -0.4 is 14.8 Å². The highest BCUT2D eigenvalue weighted by molar-refractivity contribution is 7.89. The SMILES string of the molecule is CCOc1ccc(Oc2ccc(S(=O)(=O)N3CCOCC3)cc2NC(=O)c2ccc(Cl)c([N+](=O)[O-])c2)cc1. The third kappa shape index (κ3) is 6.22. The number of nitro benzene ring substituents is 1. The number of ether oxygens (including phenoxy) is 3. The van der Waals surface area contributed by atoms with Gasteiger partial charge in [-0.3, -0.25) is 14.9 Å². The van der Waals surface area contributed by atoms with E-state index in [2.05, 4.69) is 5.32 Å². The van der Waals surface area contributed by atoms with Crippen molar-refractivity contribution in [3.63, 3.8) is 0 Å². The number of benzene rings is 3. The number of hydrogen-bond donors (Lipinski definition) is 1. The molecule has 0 bridgehead atoms. The van der Waals surface area contributed by atoms with Gasteiger partial charge in [-0.05, 0) is 61.5 Å². The van der Waals surface area contributed by atoms with Crippen LogP contribution in [-0.2, 0) is 14.8 Å². The van der Waals surface area contributed by atoms with Crippen LogP contribution in [-0.4, -0.2) is 56.5 Å². The Hall–Kier alpha value is -3.71. The summed E-state index contributed by atoms with van der Waals surface area (Å²) in [6.07, 6.45) is 0. The predicted octanol–water partition coefficient (Wildman–Crippen LogP) is 4.71. The van der Waals surface area contributed by atoms with Gasteiger partial charge in [0.2, 0.25) is 10.0 Å². The van der Waals surface area contributed by atoms with E-state index in [4.69, 9.17) is 25.8 Å². The van der Waals surface area contributed by atoms with Crippen molar-refractivity contribution in [2.75, 3.05) is 38.2 Å². The maximum absolute atomic E-state index is 13.2. The van der Waals surface area contributed by atoms with E-state index in [1.165, 1.54) is 34.6 Å². The van der Waals surface area contributed by atoms with Crippen LogP contribution in [0, 0.1) is 10.1 Å². The van der Waals surface area contributed by atoms with Gasteiger partial charge in [0, 0.05) is 24.7 Å². The fourth-order valence-electron chi connectivity index (χ4n) is 3.68. The maximum atomic E-state index is 13.2. The van der Waals surface area contributed by atoms with Crippen molar-refractivity contribution in [2.24, 2.45) is 0 Å². The number of carbonyl (C=O) groups is 1. The largest absolute Gasteiger partial charge is 0.494 e. The second-order valence-electron chi connectivity index (χ2n) is 8.06. The molecule has 38 heavy (non-hydrogen) atoms. The standard InChI is InChI=1S/C25H24ClN3O8S/c1-2-36-18-4-6-19(7-5-18)37-24-10-8-20(38(33,34)28-11-13-35-14-12-28)16-22(24)27-25(30)17-3-9-21(26)23(15-17)29(31)32/h3-10,15-16H,2,11-14H2,1H3,(H,27,30). The minimum atomic E-state index is -3.89. The summed E-state index contributed by atoms with van der Waals surface area (Å²) in [4.78, 5) is 23.6. The first-order chi connectivity index (χ1) is 18.2. The number of nitrogens with zero attached hydrogens (tertiary/aromatic N) is 2.